The van der Waals surface area contributed by atoms with Gasteiger partial charge in [-0.05, 0) is 74.9 Å². The molecule has 2 aromatic carbocycles. The minimum Gasteiger partial charge on any atom is -0.494 e. The number of methoxy groups -OCH3 is 1. The van der Waals surface area contributed by atoms with Gasteiger partial charge in [-0.15, -0.1) is 0 Å². The highest BCUT2D eigenvalue weighted by Crippen LogP contribution is 2.50. The number of benzene rings is 2. The van der Waals surface area contributed by atoms with Crippen molar-refractivity contribution in [3.63, 3.8) is 0 Å². The number of ether oxygens (including phenoxy) is 2. The summed E-state index contributed by atoms with van der Waals surface area (Å²) >= 11 is 12.7. The highest BCUT2D eigenvalue weighted by atomic mass is 35.5. The molecule has 1 unspecified atom stereocenters. The van der Waals surface area contributed by atoms with E-state index in [-0.39, 0.29) is 35.5 Å². The first-order chi connectivity index (χ1) is 21.4. The van der Waals surface area contributed by atoms with Crippen LogP contribution in [0.2, 0.25) is 5.02 Å². The van der Waals surface area contributed by atoms with Crippen LogP contribution >= 0.6 is 23.2 Å². The number of primary amides is 1. The zero-order valence-corrected chi connectivity index (χ0v) is 26.0. The Bertz CT molecular complexity index is 1910. The lowest BCUT2D eigenvalue weighted by Gasteiger charge is -2.30. The normalized spacial score (nSPS) is 21.1. The van der Waals surface area contributed by atoms with Gasteiger partial charge in [0.2, 0.25) is 5.91 Å². The summed E-state index contributed by atoms with van der Waals surface area (Å²) in [5.41, 5.74) is 5.27. The molecule has 3 aliphatic rings. The first-order valence-electron chi connectivity index (χ1n) is 14.6. The summed E-state index contributed by atoms with van der Waals surface area (Å²) in [6.45, 7) is 1.45. The van der Waals surface area contributed by atoms with Crippen molar-refractivity contribution in [3.05, 3.63) is 70.3 Å². The van der Waals surface area contributed by atoms with Crippen LogP contribution in [0.4, 0.5) is 4.39 Å². The molecule has 2 fully saturated rings. The molecule has 7 rings (SSSR count). The summed E-state index contributed by atoms with van der Waals surface area (Å²) in [7, 11) is 1.50. The van der Waals surface area contributed by atoms with E-state index in [4.69, 9.17) is 43.4 Å². The average molecular weight is 655 g/mol. The molecule has 3 heterocycles. The third-order valence-electron chi connectivity index (χ3n) is 9.15. The van der Waals surface area contributed by atoms with Crippen LogP contribution in [0.25, 0.3) is 22.2 Å². The Kier molecular flexibility index (Phi) is 6.81. The van der Waals surface area contributed by atoms with Crippen molar-refractivity contribution >= 4 is 45.9 Å². The Balaban J connectivity index is 1.25. The van der Waals surface area contributed by atoms with E-state index in [0.29, 0.717) is 51.9 Å². The Morgan fingerprint density at radius 2 is 2.02 bits per heavy atom. The number of aromatic nitrogens is 3. The van der Waals surface area contributed by atoms with Gasteiger partial charge < -0.3 is 25.6 Å². The smallest absolute Gasteiger partial charge is 0.251 e. The second-order valence-electron chi connectivity index (χ2n) is 12.3. The van der Waals surface area contributed by atoms with Crippen LogP contribution < -0.4 is 20.5 Å². The molecule has 1 aliphatic heterocycles. The SMILES string of the molecule is COc1cc(C(=O)NCC(O)(c2cc3c(c(-c4ccc(F)c(Cl)c4)n2)OC[C@]3(C)C(N)=O)C2CC2)cc2cn(C3(Cl)CC3)nc12. The summed E-state index contributed by atoms with van der Waals surface area (Å²) < 4.78 is 27.2. The van der Waals surface area contributed by atoms with Crippen LogP contribution in [0.3, 0.4) is 0 Å². The van der Waals surface area contributed by atoms with Crippen molar-refractivity contribution in [2.75, 3.05) is 20.3 Å². The van der Waals surface area contributed by atoms with E-state index < -0.39 is 33.6 Å². The summed E-state index contributed by atoms with van der Waals surface area (Å²) in [4.78, 5) is 30.4. The molecule has 0 saturated heterocycles. The topological polar surface area (TPSA) is 142 Å². The zero-order chi connectivity index (χ0) is 31.9. The highest BCUT2D eigenvalue weighted by molar-refractivity contribution is 6.31. The predicted molar refractivity (Wildman–Crippen MR) is 165 cm³/mol. The Morgan fingerprint density at radius 1 is 1.27 bits per heavy atom. The number of alkyl halides is 1. The number of pyridine rings is 1. The molecular weight excluding hydrogens is 624 g/mol. The third-order valence-corrected chi connectivity index (χ3v) is 9.99. The van der Waals surface area contributed by atoms with E-state index in [0.717, 1.165) is 12.8 Å². The van der Waals surface area contributed by atoms with Crippen molar-refractivity contribution in [1.82, 2.24) is 20.1 Å². The number of rotatable bonds is 9. The summed E-state index contributed by atoms with van der Waals surface area (Å²) in [6.07, 6.45) is 4.80. The number of halogens is 3. The average Bonchev–Trinajstić information content (AvgIpc) is 3.94. The fourth-order valence-corrected chi connectivity index (χ4v) is 6.26. The van der Waals surface area contributed by atoms with Gasteiger partial charge in [0, 0.05) is 28.3 Å². The van der Waals surface area contributed by atoms with Gasteiger partial charge in [0.05, 0.1) is 24.4 Å². The number of aliphatic hydroxyl groups is 1. The number of amides is 2. The van der Waals surface area contributed by atoms with E-state index in [2.05, 4.69) is 10.4 Å². The summed E-state index contributed by atoms with van der Waals surface area (Å²) in [5, 5.41) is 20.3. The van der Waals surface area contributed by atoms with Crippen LogP contribution in [0.1, 0.15) is 54.2 Å². The van der Waals surface area contributed by atoms with Crippen LogP contribution in [-0.4, -0.2) is 51.9 Å². The van der Waals surface area contributed by atoms with Crippen molar-refractivity contribution in [2.24, 2.45) is 11.7 Å². The van der Waals surface area contributed by atoms with Gasteiger partial charge in [0.25, 0.3) is 5.91 Å². The van der Waals surface area contributed by atoms with Gasteiger partial charge >= 0.3 is 0 Å². The molecule has 45 heavy (non-hydrogen) atoms. The summed E-state index contributed by atoms with van der Waals surface area (Å²) in [6, 6.07) is 9.03. The molecule has 10 nitrogen and oxygen atoms in total. The minimum absolute atomic E-state index is 0.0327. The highest BCUT2D eigenvalue weighted by Gasteiger charge is 2.50. The largest absolute Gasteiger partial charge is 0.494 e. The van der Waals surface area contributed by atoms with E-state index in [9.17, 15) is 19.1 Å². The van der Waals surface area contributed by atoms with Crippen molar-refractivity contribution in [3.8, 4) is 22.8 Å². The standard InChI is InChI=1S/C32H30Cl2FN5O5/c1-30(29(36)42)15-45-27-20(30)12-24(38-26(27)16-3-6-22(35)21(33)10-16)32(43,19-4-5-19)14-37-28(41)17-9-18-13-40(31(34)7-8-31)39-25(18)23(11-17)44-2/h3,6,9-13,19,43H,4-5,7-8,14-15H2,1-2H3,(H2,36,42)(H,37,41)/t30-,32?/m0/s1. The number of carbonyl (C=O) groups excluding carboxylic acids is 2. The molecule has 0 bridgehead atoms. The molecule has 0 spiro atoms. The lowest BCUT2D eigenvalue weighted by molar-refractivity contribution is -0.123. The molecule has 4 aromatic rings. The Labute approximate surface area is 267 Å². The van der Waals surface area contributed by atoms with Gasteiger partial charge in [-0.25, -0.2) is 9.37 Å². The number of nitrogens with two attached hydrogens (primary N) is 1. The van der Waals surface area contributed by atoms with Crippen molar-refractivity contribution in [1.29, 1.82) is 0 Å². The van der Waals surface area contributed by atoms with Crippen LogP contribution in [0, 0.1) is 11.7 Å². The fourth-order valence-electron chi connectivity index (χ4n) is 5.90. The van der Waals surface area contributed by atoms with Crippen molar-refractivity contribution < 1.29 is 28.6 Å². The van der Waals surface area contributed by atoms with Crippen LogP contribution in [0.5, 0.6) is 11.5 Å². The Hall–Kier alpha value is -3.93. The number of nitrogens with one attached hydrogen (secondary N) is 1. The molecule has 2 atom stereocenters. The maximum absolute atomic E-state index is 14.1. The lowest BCUT2D eigenvalue weighted by atomic mass is 9.81. The van der Waals surface area contributed by atoms with Crippen LogP contribution in [0.15, 0.2) is 42.6 Å². The van der Waals surface area contributed by atoms with E-state index in [1.54, 1.807) is 36.0 Å². The molecule has 4 N–H and O–H groups in total. The first-order valence-corrected chi connectivity index (χ1v) is 15.3. The number of hydrogen-bond donors (Lipinski definition) is 3. The number of hydrogen-bond acceptors (Lipinski definition) is 7. The molecule has 13 heteroatoms. The monoisotopic (exact) mass is 653 g/mol. The van der Waals surface area contributed by atoms with E-state index in [1.165, 1.54) is 25.3 Å². The maximum Gasteiger partial charge on any atom is 0.251 e. The maximum atomic E-state index is 14.1. The third kappa shape index (κ3) is 4.88. The molecule has 2 aromatic heterocycles. The molecular formula is C32H30Cl2FN5O5. The predicted octanol–water partition coefficient (Wildman–Crippen LogP) is 4.75. The van der Waals surface area contributed by atoms with Gasteiger partial charge in [-0.2, -0.15) is 5.10 Å². The molecule has 2 amide bonds. The second-order valence-corrected chi connectivity index (χ2v) is 13.4. The minimum atomic E-state index is -1.61. The summed E-state index contributed by atoms with van der Waals surface area (Å²) in [5.74, 6) is -1.15. The van der Waals surface area contributed by atoms with E-state index in [1.807, 2.05) is 0 Å². The fraction of sp³-hybridized carbons (Fsp3) is 0.375. The first kappa shape index (κ1) is 29.8. The van der Waals surface area contributed by atoms with Gasteiger partial charge in [0.15, 0.2) is 0 Å². The molecule has 234 valence electrons. The van der Waals surface area contributed by atoms with Gasteiger partial charge in [0.1, 0.15) is 51.1 Å². The quantitative estimate of drug-likeness (QED) is 0.221. The zero-order valence-electron chi connectivity index (χ0n) is 24.5. The van der Waals surface area contributed by atoms with Crippen molar-refractivity contribution in [2.45, 2.75) is 48.6 Å². The Morgan fingerprint density at radius 3 is 2.67 bits per heavy atom. The number of carbonyl (C=O) groups is 2. The lowest BCUT2D eigenvalue weighted by Crippen LogP contribution is -2.44. The molecule has 0 radical (unpaired) electrons. The second kappa shape index (κ2) is 10.3. The number of fused-ring (bicyclic) bond motifs is 2. The van der Waals surface area contributed by atoms with E-state index >= 15 is 0 Å². The van der Waals surface area contributed by atoms with Gasteiger partial charge in [-0.1, -0.05) is 23.2 Å². The van der Waals surface area contributed by atoms with Crippen LogP contribution in [-0.2, 0) is 20.8 Å². The molecule has 2 aliphatic carbocycles. The number of nitrogens with zero attached hydrogens (tertiary/aromatic N) is 3. The van der Waals surface area contributed by atoms with Gasteiger partial charge in [-0.3, -0.25) is 14.3 Å². The molecule has 2 saturated carbocycles.